The predicted molar refractivity (Wildman–Crippen MR) is 116 cm³/mol. The Labute approximate surface area is 177 Å². The van der Waals surface area contributed by atoms with Crippen molar-refractivity contribution in [2.75, 3.05) is 11.9 Å². The number of carbonyl (C=O) groups is 1. The fraction of sp³-hybridized carbons (Fsp3) is 0.286. The van der Waals surface area contributed by atoms with Crippen molar-refractivity contribution in [1.29, 1.82) is 0 Å². The van der Waals surface area contributed by atoms with Crippen molar-refractivity contribution in [3.8, 4) is 0 Å². The number of halogens is 1. The first-order valence-corrected chi connectivity index (χ1v) is 10.9. The van der Waals surface area contributed by atoms with Crippen LogP contribution < -0.4 is 5.32 Å². The van der Waals surface area contributed by atoms with E-state index in [0.717, 1.165) is 41.8 Å². The van der Waals surface area contributed by atoms with Gasteiger partial charge < -0.3 is 0 Å². The first-order chi connectivity index (χ1) is 13.6. The summed E-state index contributed by atoms with van der Waals surface area (Å²) in [4.78, 5) is 24.1. The molecule has 2 aromatic heterocycles. The third kappa shape index (κ3) is 4.32. The zero-order valence-electron chi connectivity index (χ0n) is 15.6. The van der Waals surface area contributed by atoms with Crippen molar-refractivity contribution < 1.29 is 4.79 Å². The summed E-state index contributed by atoms with van der Waals surface area (Å²) < 4.78 is 0.949. The van der Waals surface area contributed by atoms with E-state index < -0.39 is 0 Å². The van der Waals surface area contributed by atoms with Crippen molar-refractivity contribution in [3.05, 3.63) is 75.0 Å². The third-order valence-electron chi connectivity index (χ3n) is 5.02. The van der Waals surface area contributed by atoms with E-state index in [0.29, 0.717) is 10.7 Å². The van der Waals surface area contributed by atoms with Gasteiger partial charge in [-0.2, -0.15) is 0 Å². The van der Waals surface area contributed by atoms with Gasteiger partial charge in [0.2, 0.25) is 0 Å². The van der Waals surface area contributed by atoms with E-state index in [2.05, 4.69) is 49.5 Å². The highest BCUT2D eigenvalue weighted by Gasteiger charge is 2.28. The molecule has 1 aliphatic heterocycles. The summed E-state index contributed by atoms with van der Waals surface area (Å²) in [6.07, 6.45) is 4.08. The van der Waals surface area contributed by atoms with Crippen LogP contribution in [0.3, 0.4) is 0 Å². The van der Waals surface area contributed by atoms with Crippen LogP contribution in [0.25, 0.3) is 0 Å². The van der Waals surface area contributed by atoms with Crippen molar-refractivity contribution in [3.63, 3.8) is 0 Å². The molecule has 7 heteroatoms. The number of aromatic nitrogens is 2. The molecular formula is C21H21BrN4OS. The first-order valence-electron chi connectivity index (χ1n) is 9.27. The Morgan fingerprint density at radius 2 is 2.14 bits per heavy atom. The van der Waals surface area contributed by atoms with Crippen LogP contribution in [-0.4, -0.2) is 27.3 Å². The highest BCUT2D eigenvalue weighted by Crippen LogP contribution is 2.34. The molecule has 4 rings (SSSR count). The second kappa shape index (κ2) is 8.51. The lowest BCUT2D eigenvalue weighted by Gasteiger charge is -2.23. The van der Waals surface area contributed by atoms with E-state index in [1.54, 1.807) is 12.1 Å². The number of thiazole rings is 1. The van der Waals surface area contributed by atoms with Gasteiger partial charge in [-0.05, 0) is 62.2 Å². The van der Waals surface area contributed by atoms with E-state index in [1.165, 1.54) is 16.9 Å². The number of nitrogens with zero attached hydrogens (tertiary/aromatic N) is 3. The molecule has 0 spiro atoms. The van der Waals surface area contributed by atoms with Gasteiger partial charge in [-0.25, -0.2) is 4.98 Å². The minimum atomic E-state index is -0.138. The molecule has 3 aromatic rings. The molecule has 0 unspecified atom stereocenters. The van der Waals surface area contributed by atoms with Crippen molar-refractivity contribution in [2.24, 2.45) is 0 Å². The molecule has 1 fully saturated rings. The Bertz CT molecular complexity index is 973. The largest absolute Gasteiger partial charge is 0.298 e. The van der Waals surface area contributed by atoms with Crippen molar-refractivity contribution in [2.45, 2.75) is 32.4 Å². The Hall–Kier alpha value is -2.09. The number of pyridine rings is 1. The zero-order valence-corrected chi connectivity index (χ0v) is 18.0. The van der Waals surface area contributed by atoms with Gasteiger partial charge >= 0.3 is 0 Å². The number of hydrogen-bond donors (Lipinski definition) is 1. The molecule has 1 saturated heterocycles. The molecule has 0 saturated carbocycles. The van der Waals surface area contributed by atoms with Gasteiger partial charge in [0.15, 0.2) is 5.13 Å². The van der Waals surface area contributed by atoms with Crippen LogP contribution in [0.1, 0.15) is 46.2 Å². The average molecular weight is 457 g/mol. The second-order valence-electron chi connectivity index (χ2n) is 6.93. The van der Waals surface area contributed by atoms with E-state index in [4.69, 9.17) is 4.98 Å². The lowest BCUT2D eigenvalue weighted by atomic mass is 10.1. The van der Waals surface area contributed by atoms with E-state index in [-0.39, 0.29) is 11.9 Å². The van der Waals surface area contributed by atoms with Gasteiger partial charge in [0.05, 0.1) is 17.4 Å². The number of anilines is 1. The van der Waals surface area contributed by atoms with Crippen LogP contribution in [0.2, 0.25) is 0 Å². The number of amides is 1. The number of nitrogens with one attached hydrogen (secondary N) is 1. The SMILES string of the molecule is Cc1cccnc1CN1CCC[C@@H]1c1csc(NC(=O)c2ccc(Br)cc2)n1. The smallest absolute Gasteiger partial charge is 0.257 e. The predicted octanol–water partition coefficient (Wildman–Crippen LogP) is 5.20. The molecule has 0 aliphatic carbocycles. The first kappa shape index (κ1) is 19.2. The van der Waals surface area contributed by atoms with Gasteiger partial charge in [-0.1, -0.05) is 22.0 Å². The number of benzene rings is 1. The molecule has 0 bridgehead atoms. The molecule has 1 aromatic carbocycles. The minimum Gasteiger partial charge on any atom is -0.298 e. The Balaban J connectivity index is 1.45. The van der Waals surface area contributed by atoms with E-state index in [1.807, 2.05) is 24.4 Å². The van der Waals surface area contributed by atoms with Crippen LogP contribution in [-0.2, 0) is 6.54 Å². The topological polar surface area (TPSA) is 58.1 Å². The van der Waals surface area contributed by atoms with E-state index in [9.17, 15) is 4.79 Å². The molecule has 1 atom stereocenters. The molecule has 0 radical (unpaired) electrons. The Kier molecular flexibility index (Phi) is 5.85. The lowest BCUT2D eigenvalue weighted by Crippen LogP contribution is -2.24. The minimum absolute atomic E-state index is 0.138. The molecule has 5 nitrogen and oxygen atoms in total. The van der Waals surface area contributed by atoms with Crippen LogP contribution in [0.4, 0.5) is 5.13 Å². The zero-order chi connectivity index (χ0) is 19.5. The Morgan fingerprint density at radius 3 is 2.93 bits per heavy atom. The maximum Gasteiger partial charge on any atom is 0.257 e. The molecule has 1 N–H and O–H groups in total. The van der Waals surface area contributed by atoms with E-state index >= 15 is 0 Å². The molecule has 3 heterocycles. The summed E-state index contributed by atoms with van der Waals surface area (Å²) >= 11 is 4.86. The second-order valence-corrected chi connectivity index (χ2v) is 8.71. The van der Waals surface area contributed by atoms with Gasteiger partial charge in [0.1, 0.15) is 0 Å². The van der Waals surface area contributed by atoms with Crippen molar-refractivity contribution >= 4 is 38.3 Å². The molecular weight excluding hydrogens is 436 g/mol. The Morgan fingerprint density at radius 1 is 1.32 bits per heavy atom. The number of hydrogen-bond acceptors (Lipinski definition) is 5. The van der Waals surface area contributed by atoms with Crippen molar-refractivity contribution in [1.82, 2.24) is 14.9 Å². The molecule has 144 valence electrons. The van der Waals surface area contributed by atoms with Gasteiger partial charge in [-0.15, -0.1) is 11.3 Å². The number of likely N-dealkylation sites (tertiary alicyclic amines) is 1. The fourth-order valence-electron chi connectivity index (χ4n) is 3.49. The number of aryl methyl sites for hydroxylation is 1. The molecule has 1 amide bonds. The van der Waals surface area contributed by atoms with Crippen LogP contribution in [0.5, 0.6) is 0 Å². The molecule has 1 aliphatic rings. The fourth-order valence-corrected chi connectivity index (χ4v) is 4.51. The third-order valence-corrected chi connectivity index (χ3v) is 6.33. The highest BCUT2D eigenvalue weighted by molar-refractivity contribution is 9.10. The van der Waals surface area contributed by atoms with Crippen LogP contribution in [0, 0.1) is 6.92 Å². The maximum absolute atomic E-state index is 12.4. The van der Waals surface area contributed by atoms with Crippen LogP contribution in [0.15, 0.2) is 52.4 Å². The summed E-state index contributed by atoms with van der Waals surface area (Å²) in [6.45, 7) is 3.97. The maximum atomic E-state index is 12.4. The normalized spacial score (nSPS) is 17.0. The summed E-state index contributed by atoms with van der Waals surface area (Å²) in [5.41, 5.74) is 3.98. The standard InChI is InChI=1S/C21H21BrN4OS/c1-14-4-2-10-23-17(14)12-26-11-3-5-19(26)18-13-28-21(24-18)25-20(27)15-6-8-16(22)9-7-15/h2,4,6-10,13,19H,3,5,11-12H2,1H3,(H,24,25,27)/t19-/m1/s1. The quantitative estimate of drug-likeness (QED) is 0.573. The summed E-state index contributed by atoms with van der Waals surface area (Å²) in [7, 11) is 0. The summed E-state index contributed by atoms with van der Waals surface area (Å²) in [5, 5.41) is 5.62. The van der Waals surface area contributed by atoms with Gasteiger partial charge in [0.25, 0.3) is 5.91 Å². The van der Waals surface area contributed by atoms with Crippen LogP contribution >= 0.6 is 27.3 Å². The molecule has 28 heavy (non-hydrogen) atoms. The highest BCUT2D eigenvalue weighted by atomic mass is 79.9. The monoisotopic (exact) mass is 456 g/mol. The lowest BCUT2D eigenvalue weighted by molar-refractivity contribution is 0.102. The van der Waals surface area contributed by atoms with Gasteiger partial charge in [-0.3, -0.25) is 20.0 Å². The number of rotatable bonds is 5. The summed E-state index contributed by atoms with van der Waals surface area (Å²) in [5.74, 6) is -0.138. The number of carbonyl (C=O) groups excluding carboxylic acids is 1. The summed E-state index contributed by atoms with van der Waals surface area (Å²) in [6, 6.07) is 11.7. The average Bonchev–Trinajstić information content (AvgIpc) is 3.33. The van der Waals surface area contributed by atoms with Gasteiger partial charge in [0, 0.05) is 28.2 Å².